The van der Waals surface area contributed by atoms with Crippen molar-refractivity contribution in [1.82, 2.24) is 14.6 Å². The van der Waals surface area contributed by atoms with Crippen LogP contribution in [0.4, 0.5) is 5.69 Å². The van der Waals surface area contributed by atoms with Gasteiger partial charge in [-0.15, -0.1) is 10.2 Å². The van der Waals surface area contributed by atoms with Crippen molar-refractivity contribution in [3.63, 3.8) is 0 Å². The Balaban J connectivity index is 1.96. The standard InChI is InChI=1S/C16H18N4O2S/c1-8(2)14-18-19-16-20(14)10(4)13(23-16)15(22)17-12-6-5-11(21)7-9(12)3/h5-8,21H,1-4H3,(H,17,22). The zero-order valence-corrected chi connectivity index (χ0v) is 14.2. The average molecular weight is 330 g/mol. The molecular formula is C16H18N4O2S. The minimum Gasteiger partial charge on any atom is -0.508 e. The first-order valence-corrected chi connectivity index (χ1v) is 8.15. The molecular weight excluding hydrogens is 312 g/mol. The molecule has 0 saturated heterocycles. The number of amides is 1. The zero-order chi connectivity index (χ0) is 16.7. The number of anilines is 1. The highest BCUT2D eigenvalue weighted by atomic mass is 32.1. The van der Waals surface area contributed by atoms with Crippen molar-refractivity contribution in [2.45, 2.75) is 33.6 Å². The van der Waals surface area contributed by atoms with Crippen molar-refractivity contribution in [1.29, 1.82) is 0 Å². The predicted molar refractivity (Wildman–Crippen MR) is 90.5 cm³/mol. The molecule has 1 amide bonds. The molecule has 0 spiro atoms. The van der Waals surface area contributed by atoms with Gasteiger partial charge in [-0.3, -0.25) is 9.20 Å². The Morgan fingerprint density at radius 3 is 2.70 bits per heavy atom. The third kappa shape index (κ3) is 2.68. The number of rotatable bonds is 3. The summed E-state index contributed by atoms with van der Waals surface area (Å²) in [6.07, 6.45) is 0. The van der Waals surface area contributed by atoms with Gasteiger partial charge in [0, 0.05) is 17.3 Å². The maximum absolute atomic E-state index is 12.6. The lowest BCUT2D eigenvalue weighted by Gasteiger charge is -2.08. The van der Waals surface area contributed by atoms with E-state index in [1.807, 2.05) is 32.1 Å². The molecule has 0 unspecified atom stereocenters. The summed E-state index contributed by atoms with van der Waals surface area (Å²) in [6.45, 7) is 7.84. The molecule has 3 rings (SSSR count). The molecule has 0 atom stereocenters. The van der Waals surface area contributed by atoms with Crippen molar-refractivity contribution >= 4 is 27.9 Å². The van der Waals surface area contributed by atoms with Crippen molar-refractivity contribution < 1.29 is 9.90 Å². The third-order valence-corrected chi connectivity index (χ3v) is 4.83. The number of aromatic nitrogens is 3. The minimum atomic E-state index is -0.179. The number of benzene rings is 1. The van der Waals surface area contributed by atoms with Crippen LogP contribution in [0.1, 0.15) is 46.5 Å². The Hall–Kier alpha value is -2.41. The highest BCUT2D eigenvalue weighted by molar-refractivity contribution is 7.19. The molecule has 0 aliphatic heterocycles. The average Bonchev–Trinajstić information content (AvgIpc) is 3.03. The monoisotopic (exact) mass is 330 g/mol. The largest absolute Gasteiger partial charge is 0.508 e. The van der Waals surface area contributed by atoms with Crippen LogP contribution in [0.5, 0.6) is 5.75 Å². The zero-order valence-electron chi connectivity index (χ0n) is 13.4. The number of aromatic hydroxyl groups is 1. The molecule has 2 heterocycles. The predicted octanol–water partition coefficient (Wildman–Crippen LogP) is 3.49. The van der Waals surface area contributed by atoms with Crippen molar-refractivity contribution in [2.24, 2.45) is 0 Å². The second-order valence-electron chi connectivity index (χ2n) is 5.80. The van der Waals surface area contributed by atoms with Gasteiger partial charge in [0.2, 0.25) is 4.96 Å². The van der Waals surface area contributed by atoms with Crippen LogP contribution in [0.3, 0.4) is 0 Å². The Morgan fingerprint density at radius 2 is 2.04 bits per heavy atom. The number of phenols is 1. The molecule has 7 heteroatoms. The van der Waals surface area contributed by atoms with Crippen LogP contribution < -0.4 is 5.32 Å². The first kappa shape index (κ1) is 15.5. The summed E-state index contributed by atoms with van der Waals surface area (Å²) < 4.78 is 1.94. The third-order valence-electron chi connectivity index (χ3n) is 3.70. The van der Waals surface area contributed by atoms with E-state index in [0.717, 1.165) is 22.0 Å². The smallest absolute Gasteiger partial charge is 0.267 e. The molecule has 0 fully saturated rings. The Kier molecular flexibility index (Phi) is 3.81. The van der Waals surface area contributed by atoms with Gasteiger partial charge in [0.1, 0.15) is 16.5 Å². The molecule has 0 saturated carbocycles. The summed E-state index contributed by atoms with van der Waals surface area (Å²) in [5, 5.41) is 20.7. The van der Waals surface area contributed by atoms with Gasteiger partial charge in [-0.25, -0.2) is 0 Å². The molecule has 3 aromatic rings. The summed E-state index contributed by atoms with van der Waals surface area (Å²) in [4.78, 5) is 13.9. The van der Waals surface area contributed by atoms with Gasteiger partial charge >= 0.3 is 0 Å². The van der Waals surface area contributed by atoms with Gasteiger partial charge in [-0.2, -0.15) is 0 Å². The molecule has 120 valence electrons. The van der Waals surface area contributed by atoms with E-state index in [9.17, 15) is 9.90 Å². The molecule has 2 aromatic heterocycles. The van der Waals surface area contributed by atoms with Crippen molar-refractivity contribution in [2.75, 3.05) is 5.32 Å². The van der Waals surface area contributed by atoms with Gasteiger partial charge in [0.15, 0.2) is 0 Å². The van der Waals surface area contributed by atoms with E-state index in [-0.39, 0.29) is 17.6 Å². The summed E-state index contributed by atoms with van der Waals surface area (Å²) in [7, 11) is 0. The fourth-order valence-corrected chi connectivity index (χ4v) is 3.45. The summed E-state index contributed by atoms with van der Waals surface area (Å²) in [5.74, 6) is 1.09. The molecule has 0 radical (unpaired) electrons. The number of aryl methyl sites for hydroxylation is 2. The van der Waals surface area contributed by atoms with E-state index < -0.39 is 0 Å². The Morgan fingerprint density at radius 1 is 1.30 bits per heavy atom. The van der Waals surface area contributed by atoms with Crippen molar-refractivity contribution in [3.8, 4) is 5.75 Å². The number of nitrogens with one attached hydrogen (secondary N) is 1. The van der Waals surface area contributed by atoms with E-state index in [2.05, 4.69) is 15.5 Å². The molecule has 2 N–H and O–H groups in total. The van der Waals surface area contributed by atoms with Crippen LogP contribution in [0.25, 0.3) is 4.96 Å². The number of hydrogen-bond acceptors (Lipinski definition) is 5. The van der Waals surface area contributed by atoms with E-state index in [1.54, 1.807) is 18.2 Å². The quantitative estimate of drug-likeness (QED) is 0.721. The van der Waals surface area contributed by atoms with E-state index in [0.29, 0.717) is 10.6 Å². The van der Waals surface area contributed by atoms with Gasteiger partial charge in [-0.05, 0) is 37.6 Å². The van der Waals surface area contributed by atoms with Crippen LogP contribution in [0.2, 0.25) is 0 Å². The molecule has 0 bridgehead atoms. The number of carbonyl (C=O) groups excluding carboxylic acids is 1. The van der Waals surface area contributed by atoms with Gasteiger partial charge in [0.05, 0.1) is 0 Å². The number of thiazole rings is 1. The highest BCUT2D eigenvalue weighted by Gasteiger charge is 2.21. The number of carbonyl (C=O) groups is 1. The minimum absolute atomic E-state index is 0.179. The normalized spacial score (nSPS) is 11.3. The summed E-state index contributed by atoms with van der Waals surface area (Å²) in [6, 6.07) is 4.86. The van der Waals surface area contributed by atoms with Gasteiger partial charge in [0.25, 0.3) is 5.91 Å². The maximum atomic E-state index is 12.6. The van der Waals surface area contributed by atoms with Crippen LogP contribution in [-0.2, 0) is 0 Å². The summed E-state index contributed by atoms with van der Waals surface area (Å²) >= 11 is 1.33. The van der Waals surface area contributed by atoms with Crippen LogP contribution in [0, 0.1) is 13.8 Å². The molecule has 1 aromatic carbocycles. The van der Waals surface area contributed by atoms with Crippen molar-refractivity contribution in [3.05, 3.63) is 40.2 Å². The Bertz CT molecular complexity index is 895. The highest BCUT2D eigenvalue weighted by Crippen LogP contribution is 2.27. The number of phenolic OH excluding ortho intramolecular Hbond substituents is 1. The number of hydrogen-bond donors (Lipinski definition) is 2. The van der Waals surface area contributed by atoms with Gasteiger partial charge < -0.3 is 10.4 Å². The van der Waals surface area contributed by atoms with E-state index >= 15 is 0 Å². The van der Waals surface area contributed by atoms with E-state index in [4.69, 9.17) is 0 Å². The number of fused-ring (bicyclic) bond motifs is 1. The first-order chi connectivity index (χ1) is 10.9. The fraction of sp³-hybridized carbons (Fsp3) is 0.312. The van der Waals surface area contributed by atoms with Gasteiger partial charge in [-0.1, -0.05) is 25.2 Å². The molecule has 0 aliphatic rings. The molecule has 0 aliphatic carbocycles. The fourth-order valence-electron chi connectivity index (χ4n) is 2.48. The van der Waals surface area contributed by atoms with Crippen LogP contribution in [-0.4, -0.2) is 25.6 Å². The second-order valence-corrected chi connectivity index (χ2v) is 6.78. The lowest BCUT2D eigenvalue weighted by molar-refractivity contribution is 0.102. The summed E-state index contributed by atoms with van der Waals surface area (Å²) in [5.41, 5.74) is 2.33. The topological polar surface area (TPSA) is 79.5 Å². The lowest BCUT2D eigenvalue weighted by Crippen LogP contribution is -2.13. The maximum Gasteiger partial charge on any atom is 0.267 e. The molecule has 6 nitrogen and oxygen atoms in total. The van der Waals surface area contributed by atoms with Crippen LogP contribution in [0.15, 0.2) is 18.2 Å². The molecule has 23 heavy (non-hydrogen) atoms. The number of nitrogens with zero attached hydrogens (tertiary/aromatic N) is 3. The second kappa shape index (κ2) is 5.66. The Labute approximate surface area is 137 Å². The SMILES string of the molecule is Cc1cc(O)ccc1NC(=O)c1sc2nnc(C(C)C)n2c1C. The lowest BCUT2D eigenvalue weighted by atomic mass is 10.2. The van der Waals surface area contributed by atoms with Crippen LogP contribution >= 0.6 is 11.3 Å². The van der Waals surface area contributed by atoms with E-state index in [1.165, 1.54) is 11.3 Å². The first-order valence-electron chi connectivity index (χ1n) is 7.34.